The molecule has 3 aromatic carbocycles. The van der Waals surface area contributed by atoms with Crippen molar-refractivity contribution >= 4 is 33.1 Å². The van der Waals surface area contributed by atoms with Crippen molar-refractivity contribution in [3.63, 3.8) is 0 Å². The van der Waals surface area contributed by atoms with Crippen molar-refractivity contribution in [2.45, 2.75) is 6.92 Å². The van der Waals surface area contributed by atoms with E-state index in [-0.39, 0.29) is 5.75 Å². The SMILES string of the molecule is CCOc1cc(-c2nc3cc4nc5ccccc5[nH]c4cc3n2)ccc1O. The van der Waals surface area contributed by atoms with E-state index in [1.54, 1.807) is 18.2 Å². The van der Waals surface area contributed by atoms with Gasteiger partial charge in [-0.05, 0) is 49.4 Å². The van der Waals surface area contributed by atoms with E-state index in [1.807, 2.05) is 43.3 Å². The van der Waals surface area contributed by atoms with Gasteiger partial charge in [-0.25, -0.2) is 15.0 Å². The number of imidazole rings is 1. The highest BCUT2D eigenvalue weighted by Gasteiger charge is 2.12. The fourth-order valence-electron chi connectivity index (χ4n) is 3.20. The maximum absolute atomic E-state index is 9.90. The number of para-hydroxylation sites is 2. The number of phenols is 1. The van der Waals surface area contributed by atoms with Gasteiger partial charge in [0.15, 0.2) is 17.3 Å². The van der Waals surface area contributed by atoms with Crippen LogP contribution in [-0.4, -0.2) is 31.6 Å². The summed E-state index contributed by atoms with van der Waals surface area (Å²) in [5, 5.41) is 9.90. The Balaban J connectivity index is 1.67. The minimum absolute atomic E-state index is 0.105. The molecule has 0 amide bonds. The van der Waals surface area contributed by atoms with Crippen LogP contribution >= 0.6 is 0 Å². The second-order valence-corrected chi connectivity index (χ2v) is 6.27. The van der Waals surface area contributed by atoms with E-state index >= 15 is 0 Å². The molecule has 132 valence electrons. The molecule has 0 bridgehead atoms. The quantitative estimate of drug-likeness (QED) is 0.467. The van der Waals surface area contributed by atoms with E-state index in [2.05, 4.69) is 15.0 Å². The zero-order valence-electron chi connectivity index (χ0n) is 14.6. The molecule has 0 aliphatic rings. The summed E-state index contributed by atoms with van der Waals surface area (Å²) >= 11 is 0. The first-order chi connectivity index (χ1) is 13.2. The summed E-state index contributed by atoms with van der Waals surface area (Å²) in [5.41, 5.74) is 5.99. The summed E-state index contributed by atoms with van der Waals surface area (Å²) in [6.07, 6.45) is 0. The lowest BCUT2D eigenvalue weighted by Crippen LogP contribution is -1.92. The zero-order valence-corrected chi connectivity index (χ0v) is 14.6. The van der Waals surface area contributed by atoms with Gasteiger partial charge in [0, 0.05) is 5.56 Å². The van der Waals surface area contributed by atoms with Crippen LogP contribution in [0.5, 0.6) is 11.5 Å². The Bertz CT molecular complexity index is 1240. The fraction of sp³-hybridized carbons (Fsp3) is 0.0952. The van der Waals surface area contributed by atoms with Crippen LogP contribution < -0.4 is 4.74 Å². The number of H-pyrrole nitrogens is 1. The molecule has 5 aromatic rings. The molecular formula is C21H16N4O2. The molecule has 0 unspecified atom stereocenters. The zero-order chi connectivity index (χ0) is 18.4. The maximum atomic E-state index is 9.90. The molecule has 0 aliphatic carbocycles. The van der Waals surface area contributed by atoms with Gasteiger partial charge in [0.2, 0.25) is 0 Å². The highest BCUT2D eigenvalue weighted by molar-refractivity contribution is 5.95. The largest absolute Gasteiger partial charge is 0.504 e. The van der Waals surface area contributed by atoms with E-state index in [9.17, 15) is 5.11 Å². The van der Waals surface area contributed by atoms with E-state index < -0.39 is 0 Å². The lowest BCUT2D eigenvalue weighted by Gasteiger charge is -2.06. The number of aromatic nitrogens is 4. The molecule has 6 nitrogen and oxygen atoms in total. The molecule has 0 aliphatic heterocycles. The van der Waals surface area contributed by atoms with Crippen LogP contribution in [0.2, 0.25) is 0 Å². The summed E-state index contributed by atoms with van der Waals surface area (Å²) in [4.78, 5) is 17.4. The molecule has 2 heterocycles. The molecule has 27 heavy (non-hydrogen) atoms. The first-order valence-electron chi connectivity index (χ1n) is 8.74. The van der Waals surface area contributed by atoms with Crippen LogP contribution in [0.1, 0.15) is 6.92 Å². The highest BCUT2D eigenvalue weighted by atomic mass is 16.5. The van der Waals surface area contributed by atoms with E-state index in [4.69, 9.17) is 9.72 Å². The Hall–Kier alpha value is -3.67. The Labute approximate surface area is 154 Å². The number of hydrogen-bond acceptors (Lipinski definition) is 5. The molecule has 0 atom stereocenters. The molecule has 0 fully saturated rings. The minimum Gasteiger partial charge on any atom is -0.504 e. The minimum atomic E-state index is 0.105. The van der Waals surface area contributed by atoms with E-state index in [1.165, 1.54) is 0 Å². The number of nitrogens with zero attached hydrogens (tertiary/aromatic N) is 3. The van der Waals surface area contributed by atoms with Crippen molar-refractivity contribution < 1.29 is 9.84 Å². The van der Waals surface area contributed by atoms with Crippen molar-refractivity contribution in [1.82, 2.24) is 19.9 Å². The van der Waals surface area contributed by atoms with Crippen molar-refractivity contribution in [1.29, 1.82) is 0 Å². The number of ether oxygens (including phenoxy) is 1. The van der Waals surface area contributed by atoms with Gasteiger partial charge >= 0.3 is 0 Å². The van der Waals surface area contributed by atoms with Gasteiger partial charge < -0.3 is 14.8 Å². The van der Waals surface area contributed by atoms with Gasteiger partial charge in [-0.15, -0.1) is 0 Å². The highest BCUT2D eigenvalue weighted by Crippen LogP contribution is 2.32. The molecule has 2 aromatic heterocycles. The van der Waals surface area contributed by atoms with Gasteiger partial charge in [-0.2, -0.15) is 0 Å². The van der Waals surface area contributed by atoms with Crippen molar-refractivity contribution in [2.75, 3.05) is 6.61 Å². The smallest absolute Gasteiger partial charge is 0.161 e. The van der Waals surface area contributed by atoms with Crippen LogP contribution in [-0.2, 0) is 0 Å². The molecule has 2 N–H and O–H groups in total. The van der Waals surface area contributed by atoms with Gasteiger partial charge in [0.25, 0.3) is 0 Å². The van der Waals surface area contributed by atoms with Gasteiger partial charge in [0.05, 0.1) is 39.7 Å². The number of fused-ring (bicyclic) bond motifs is 3. The summed E-state index contributed by atoms with van der Waals surface area (Å²) in [6, 6.07) is 17.0. The van der Waals surface area contributed by atoms with Crippen molar-refractivity contribution in [3.05, 3.63) is 54.6 Å². The average molecular weight is 356 g/mol. The third-order valence-electron chi connectivity index (χ3n) is 4.48. The van der Waals surface area contributed by atoms with Gasteiger partial charge in [0.1, 0.15) is 0 Å². The lowest BCUT2D eigenvalue weighted by molar-refractivity contribution is 0.318. The first kappa shape index (κ1) is 15.6. The first-order valence-corrected chi connectivity index (χ1v) is 8.74. The Morgan fingerprint density at radius 1 is 0.852 bits per heavy atom. The second kappa shape index (κ2) is 5.95. The molecule has 0 radical (unpaired) electrons. The molecular weight excluding hydrogens is 340 g/mol. The lowest BCUT2D eigenvalue weighted by atomic mass is 10.2. The predicted molar refractivity (Wildman–Crippen MR) is 105 cm³/mol. The van der Waals surface area contributed by atoms with Gasteiger partial charge in [-0.3, -0.25) is 0 Å². The van der Waals surface area contributed by atoms with Crippen LogP contribution in [0.25, 0.3) is 44.5 Å². The summed E-state index contributed by atoms with van der Waals surface area (Å²) in [6.45, 7) is 2.35. The van der Waals surface area contributed by atoms with Crippen molar-refractivity contribution in [2.24, 2.45) is 0 Å². The third kappa shape index (κ3) is 2.62. The van der Waals surface area contributed by atoms with E-state index in [0.29, 0.717) is 18.2 Å². The number of benzene rings is 3. The fourth-order valence-corrected chi connectivity index (χ4v) is 3.20. The monoisotopic (exact) mass is 356 g/mol. The third-order valence-corrected chi connectivity index (χ3v) is 4.48. The van der Waals surface area contributed by atoms with Crippen LogP contribution in [0, 0.1) is 0 Å². The normalized spacial score (nSPS) is 11.4. The number of hydrogen-bond donors (Lipinski definition) is 2. The van der Waals surface area contributed by atoms with Crippen LogP contribution in [0.3, 0.4) is 0 Å². The number of aromatic hydroxyl groups is 1. The molecule has 5 rings (SSSR count). The number of nitrogens with one attached hydrogen (secondary N) is 1. The summed E-state index contributed by atoms with van der Waals surface area (Å²) in [5.74, 6) is 1.12. The second-order valence-electron chi connectivity index (χ2n) is 6.27. The van der Waals surface area contributed by atoms with Crippen LogP contribution in [0.15, 0.2) is 54.6 Å². The predicted octanol–water partition coefficient (Wildman–Crippen LogP) is 4.43. The summed E-state index contributed by atoms with van der Waals surface area (Å²) < 4.78 is 5.46. The average Bonchev–Trinajstić information content (AvgIpc) is 3.09. The van der Waals surface area contributed by atoms with Crippen molar-refractivity contribution in [3.8, 4) is 22.9 Å². The molecule has 0 saturated carbocycles. The van der Waals surface area contributed by atoms with E-state index in [0.717, 1.165) is 38.7 Å². The molecule has 0 saturated heterocycles. The Kier molecular flexibility index (Phi) is 3.43. The Morgan fingerprint density at radius 3 is 2.52 bits per heavy atom. The topological polar surface area (TPSA) is 83.9 Å². The Morgan fingerprint density at radius 2 is 1.67 bits per heavy atom. The maximum Gasteiger partial charge on any atom is 0.161 e. The summed E-state index contributed by atoms with van der Waals surface area (Å²) in [7, 11) is 0. The number of rotatable bonds is 3. The van der Waals surface area contributed by atoms with Gasteiger partial charge in [-0.1, -0.05) is 12.1 Å². The number of phenolic OH excluding ortho intramolecular Hbond substituents is 1. The number of aromatic amines is 1. The molecule has 6 heteroatoms. The van der Waals surface area contributed by atoms with Crippen LogP contribution in [0.4, 0.5) is 0 Å². The standard InChI is InChI=1S/C21H16N4O2/c1-2-27-20-9-12(7-8-19(20)26)21-24-17-10-15-16(11-18(17)25-21)23-14-6-4-3-5-13(14)22-15/h3-11,22,26H,2H2,1H3. The molecule has 0 spiro atoms.